The summed E-state index contributed by atoms with van der Waals surface area (Å²) in [6.45, 7) is 8.22. The van der Waals surface area contributed by atoms with Gasteiger partial charge in [0.1, 0.15) is 0 Å². The second-order valence-electron chi connectivity index (χ2n) is 5.09. The van der Waals surface area contributed by atoms with Crippen molar-refractivity contribution >= 4 is 22.8 Å². The van der Waals surface area contributed by atoms with Gasteiger partial charge >= 0.3 is 0 Å². The number of para-hydroxylation sites is 2. The number of fused-ring (bicyclic) bond motifs is 1. The molecule has 24 heavy (non-hydrogen) atoms. The molecule has 2 N–H and O–H groups in total. The highest BCUT2D eigenvalue weighted by Gasteiger charge is 2.11. The van der Waals surface area contributed by atoms with Crippen LogP contribution in [-0.2, 0) is 16.2 Å². The third-order valence-electron chi connectivity index (χ3n) is 3.28. The Morgan fingerprint density at radius 3 is 2.75 bits per heavy atom. The molecule has 0 atom stereocenters. The lowest BCUT2D eigenvalue weighted by atomic mass is 10.3. The molecule has 2 aromatic rings. The van der Waals surface area contributed by atoms with Gasteiger partial charge in [-0.25, -0.2) is 4.98 Å². The van der Waals surface area contributed by atoms with E-state index in [0.717, 1.165) is 11.0 Å². The van der Waals surface area contributed by atoms with E-state index in [1.165, 1.54) is 0 Å². The van der Waals surface area contributed by atoms with Crippen LogP contribution in [-0.4, -0.2) is 45.9 Å². The van der Waals surface area contributed by atoms with Gasteiger partial charge in [-0.05, 0) is 12.1 Å². The van der Waals surface area contributed by atoms with Crippen molar-refractivity contribution in [1.82, 2.24) is 14.5 Å². The second kappa shape index (κ2) is 8.52. The summed E-state index contributed by atoms with van der Waals surface area (Å²) in [7, 11) is 0. The van der Waals surface area contributed by atoms with Crippen molar-refractivity contribution < 1.29 is 9.63 Å². The van der Waals surface area contributed by atoms with E-state index in [2.05, 4.69) is 23.3 Å². The van der Waals surface area contributed by atoms with Crippen molar-refractivity contribution in [3.8, 4) is 0 Å². The quantitative estimate of drug-likeness (QED) is 0.327. The van der Waals surface area contributed by atoms with Crippen LogP contribution >= 0.6 is 0 Å². The fourth-order valence-electron chi connectivity index (χ4n) is 2.19. The maximum Gasteiger partial charge on any atom is 0.263 e. The number of nitrogens with two attached hydrogens (primary N) is 1. The number of benzene rings is 1. The number of amidine groups is 1. The summed E-state index contributed by atoms with van der Waals surface area (Å²) in [6, 6.07) is 7.71. The second-order valence-corrected chi connectivity index (χ2v) is 5.09. The normalized spacial score (nSPS) is 11.2. The zero-order chi connectivity index (χ0) is 17.4. The van der Waals surface area contributed by atoms with Gasteiger partial charge in [-0.3, -0.25) is 4.79 Å². The molecular weight excluding hydrogens is 306 g/mol. The van der Waals surface area contributed by atoms with E-state index in [9.17, 15) is 4.79 Å². The van der Waals surface area contributed by atoms with Crippen LogP contribution in [0.4, 0.5) is 0 Å². The molecule has 0 aliphatic carbocycles. The number of imidazole rings is 1. The summed E-state index contributed by atoms with van der Waals surface area (Å²) in [6.07, 6.45) is 4.97. The van der Waals surface area contributed by atoms with Gasteiger partial charge in [-0.2, -0.15) is 0 Å². The minimum absolute atomic E-state index is 0.187. The smallest absolute Gasteiger partial charge is 0.263 e. The highest BCUT2D eigenvalue weighted by atomic mass is 16.6. The van der Waals surface area contributed by atoms with Crippen LogP contribution in [0.5, 0.6) is 0 Å². The zero-order valence-corrected chi connectivity index (χ0v) is 13.5. The van der Waals surface area contributed by atoms with Crippen LogP contribution in [0.3, 0.4) is 0 Å². The molecule has 7 nitrogen and oxygen atoms in total. The lowest BCUT2D eigenvalue weighted by Gasteiger charge is -2.18. The Morgan fingerprint density at radius 2 is 2.04 bits per heavy atom. The van der Waals surface area contributed by atoms with Crippen LogP contribution in [0.2, 0.25) is 0 Å². The van der Waals surface area contributed by atoms with Crippen LogP contribution in [0, 0.1) is 0 Å². The predicted molar refractivity (Wildman–Crippen MR) is 94.3 cm³/mol. The summed E-state index contributed by atoms with van der Waals surface area (Å²) in [5.41, 5.74) is 7.69. The summed E-state index contributed by atoms with van der Waals surface area (Å²) < 4.78 is 1.86. The molecule has 0 spiro atoms. The number of carbonyl (C=O) groups excluding carboxylic acids is 1. The van der Waals surface area contributed by atoms with Gasteiger partial charge in [0.15, 0.2) is 12.4 Å². The van der Waals surface area contributed by atoms with E-state index in [1.807, 2.05) is 28.8 Å². The summed E-state index contributed by atoms with van der Waals surface area (Å²) in [5, 5.41) is 3.80. The first-order valence-electron chi connectivity index (χ1n) is 7.49. The van der Waals surface area contributed by atoms with Gasteiger partial charge in [0.05, 0.1) is 23.9 Å². The first-order chi connectivity index (χ1) is 11.7. The number of rotatable bonds is 9. The first-order valence-corrected chi connectivity index (χ1v) is 7.49. The van der Waals surface area contributed by atoms with Crippen LogP contribution < -0.4 is 5.73 Å². The largest absolute Gasteiger partial charge is 0.384 e. The monoisotopic (exact) mass is 327 g/mol. The standard InChI is InChI=1S/C17H21N5O2/c1-3-9-21(10-4-2)17(23)12-24-20-16(18)11-22-13-19-14-7-5-6-8-15(14)22/h3-8,13H,1-2,9-12H2,(H2,18,20). The number of oxime groups is 1. The van der Waals surface area contributed by atoms with Gasteiger partial charge in [-0.1, -0.05) is 29.4 Å². The lowest BCUT2D eigenvalue weighted by Crippen LogP contribution is -2.34. The molecule has 0 radical (unpaired) electrons. The fraction of sp³-hybridized carbons (Fsp3) is 0.235. The molecule has 126 valence electrons. The molecule has 2 rings (SSSR count). The zero-order valence-electron chi connectivity index (χ0n) is 13.5. The number of carbonyl (C=O) groups is 1. The van der Waals surface area contributed by atoms with E-state index < -0.39 is 0 Å². The highest BCUT2D eigenvalue weighted by Crippen LogP contribution is 2.11. The molecule has 0 aliphatic rings. The van der Waals surface area contributed by atoms with Crippen molar-refractivity contribution in [2.24, 2.45) is 10.9 Å². The van der Waals surface area contributed by atoms with Gasteiger partial charge in [0.25, 0.3) is 5.91 Å². The van der Waals surface area contributed by atoms with Crippen molar-refractivity contribution in [3.63, 3.8) is 0 Å². The molecule has 0 saturated heterocycles. The Labute approximate surface area is 140 Å². The first kappa shape index (κ1) is 17.3. The van der Waals surface area contributed by atoms with E-state index in [-0.39, 0.29) is 18.3 Å². The van der Waals surface area contributed by atoms with Crippen molar-refractivity contribution in [2.45, 2.75) is 6.54 Å². The molecule has 1 amide bonds. The average Bonchev–Trinajstić information content (AvgIpc) is 2.97. The van der Waals surface area contributed by atoms with Gasteiger partial charge in [-0.15, -0.1) is 13.2 Å². The maximum absolute atomic E-state index is 12.0. The summed E-state index contributed by atoms with van der Waals surface area (Å²) >= 11 is 0. The Hall–Kier alpha value is -3.09. The molecular formula is C17H21N5O2. The van der Waals surface area contributed by atoms with Crippen LogP contribution in [0.1, 0.15) is 0 Å². The highest BCUT2D eigenvalue weighted by molar-refractivity contribution is 5.83. The molecule has 1 heterocycles. The maximum atomic E-state index is 12.0. The van der Waals surface area contributed by atoms with Gasteiger partial charge < -0.3 is 20.0 Å². The summed E-state index contributed by atoms with van der Waals surface area (Å²) in [4.78, 5) is 22.9. The van der Waals surface area contributed by atoms with E-state index in [0.29, 0.717) is 19.6 Å². The number of nitrogens with zero attached hydrogens (tertiary/aromatic N) is 4. The Balaban J connectivity index is 1.90. The lowest BCUT2D eigenvalue weighted by molar-refractivity contribution is -0.135. The van der Waals surface area contributed by atoms with Crippen LogP contribution in [0.15, 0.2) is 61.1 Å². The molecule has 0 aliphatic heterocycles. The van der Waals surface area contributed by atoms with Gasteiger partial charge in [0.2, 0.25) is 0 Å². The third-order valence-corrected chi connectivity index (χ3v) is 3.28. The SMILES string of the molecule is C=CCN(CC=C)C(=O)CON=C(N)Cn1cnc2ccccc21. The topological polar surface area (TPSA) is 85.7 Å². The van der Waals surface area contributed by atoms with Crippen LogP contribution in [0.25, 0.3) is 11.0 Å². The van der Waals surface area contributed by atoms with Crippen molar-refractivity contribution in [2.75, 3.05) is 19.7 Å². The predicted octanol–water partition coefficient (Wildman–Crippen LogP) is 1.53. The minimum Gasteiger partial charge on any atom is -0.384 e. The Morgan fingerprint density at radius 1 is 1.33 bits per heavy atom. The molecule has 0 saturated carbocycles. The molecule has 0 fully saturated rings. The molecule has 1 aromatic carbocycles. The fourth-order valence-corrected chi connectivity index (χ4v) is 2.19. The van der Waals surface area contributed by atoms with E-state index >= 15 is 0 Å². The number of hydrogen-bond donors (Lipinski definition) is 1. The Bertz CT molecular complexity index is 740. The summed E-state index contributed by atoms with van der Waals surface area (Å²) in [5.74, 6) is 0.0457. The van der Waals surface area contributed by atoms with Crippen molar-refractivity contribution in [3.05, 3.63) is 55.9 Å². The molecule has 7 heteroatoms. The van der Waals surface area contributed by atoms with E-state index in [4.69, 9.17) is 10.6 Å². The average molecular weight is 327 g/mol. The number of aromatic nitrogens is 2. The minimum atomic E-state index is -0.209. The molecule has 0 bridgehead atoms. The van der Waals surface area contributed by atoms with Gasteiger partial charge in [0, 0.05) is 13.1 Å². The van der Waals surface area contributed by atoms with Crippen molar-refractivity contribution in [1.29, 1.82) is 0 Å². The number of hydrogen-bond acceptors (Lipinski definition) is 4. The molecule has 0 unspecified atom stereocenters. The van der Waals surface area contributed by atoms with E-state index in [1.54, 1.807) is 23.4 Å². The Kier molecular flexibility index (Phi) is 6.13. The third kappa shape index (κ3) is 4.45. The number of amides is 1. The molecule has 1 aromatic heterocycles.